The second-order valence-corrected chi connectivity index (χ2v) is 5.29. The highest BCUT2D eigenvalue weighted by Gasteiger charge is 2.09. The van der Waals surface area contributed by atoms with Gasteiger partial charge in [0.1, 0.15) is 12.4 Å². The molecule has 0 atom stereocenters. The van der Waals surface area contributed by atoms with Gasteiger partial charge in [-0.2, -0.15) is 0 Å². The fraction of sp³-hybridized carbons (Fsp3) is 0.158. The molecule has 23 heavy (non-hydrogen) atoms. The van der Waals surface area contributed by atoms with Crippen molar-refractivity contribution in [3.63, 3.8) is 0 Å². The van der Waals surface area contributed by atoms with E-state index >= 15 is 0 Å². The fourth-order valence-electron chi connectivity index (χ4n) is 2.36. The number of hydrogen-bond donors (Lipinski definition) is 1. The van der Waals surface area contributed by atoms with Crippen LogP contribution in [0.1, 0.15) is 15.9 Å². The van der Waals surface area contributed by atoms with E-state index in [1.807, 2.05) is 55.5 Å². The Kier molecular flexibility index (Phi) is 4.52. The molecule has 0 bridgehead atoms. The number of pyridine rings is 1. The smallest absolute Gasteiger partial charge is 0.252 e. The van der Waals surface area contributed by atoms with Crippen LogP contribution in [-0.2, 0) is 0 Å². The molecule has 4 nitrogen and oxygen atoms in total. The Morgan fingerprint density at radius 2 is 1.87 bits per heavy atom. The number of amides is 1. The number of para-hydroxylation sites is 1. The van der Waals surface area contributed by atoms with Crippen molar-refractivity contribution in [2.75, 3.05) is 13.2 Å². The molecule has 3 aromatic rings. The minimum absolute atomic E-state index is 0.115. The molecule has 2 aromatic carbocycles. The number of carbonyl (C=O) groups is 1. The highest BCUT2D eigenvalue weighted by Crippen LogP contribution is 2.16. The Balaban J connectivity index is 1.57. The molecule has 1 N–H and O–H groups in total. The van der Waals surface area contributed by atoms with Gasteiger partial charge in [-0.15, -0.1) is 0 Å². The third kappa shape index (κ3) is 3.66. The predicted molar refractivity (Wildman–Crippen MR) is 90.8 cm³/mol. The fourth-order valence-corrected chi connectivity index (χ4v) is 2.36. The van der Waals surface area contributed by atoms with Crippen molar-refractivity contribution < 1.29 is 9.53 Å². The van der Waals surface area contributed by atoms with E-state index in [0.29, 0.717) is 18.7 Å². The van der Waals surface area contributed by atoms with Gasteiger partial charge >= 0.3 is 0 Å². The number of hydrogen-bond acceptors (Lipinski definition) is 3. The molecule has 0 aliphatic rings. The van der Waals surface area contributed by atoms with Crippen LogP contribution in [0.25, 0.3) is 10.9 Å². The standard InChI is InChI=1S/C19H18N2O2/c1-14-6-8-15(9-7-14)23-13-12-21-19(22)17-10-11-20-18-5-3-2-4-16(17)18/h2-11H,12-13H2,1H3,(H,21,22). The average molecular weight is 306 g/mol. The van der Waals surface area contributed by atoms with Crippen LogP contribution >= 0.6 is 0 Å². The minimum Gasteiger partial charge on any atom is -0.492 e. The second-order valence-electron chi connectivity index (χ2n) is 5.29. The summed E-state index contributed by atoms with van der Waals surface area (Å²) in [7, 11) is 0. The van der Waals surface area contributed by atoms with E-state index in [1.165, 1.54) is 5.56 Å². The SMILES string of the molecule is Cc1ccc(OCCNC(=O)c2ccnc3ccccc23)cc1. The van der Waals surface area contributed by atoms with Gasteiger partial charge in [-0.3, -0.25) is 9.78 Å². The first kappa shape index (κ1) is 15.0. The number of carbonyl (C=O) groups excluding carboxylic acids is 1. The van der Waals surface area contributed by atoms with Gasteiger partial charge in [0, 0.05) is 11.6 Å². The summed E-state index contributed by atoms with van der Waals surface area (Å²) in [6, 6.07) is 17.2. The van der Waals surface area contributed by atoms with Crippen molar-refractivity contribution in [3.05, 3.63) is 71.9 Å². The van der Waals surface area contributed by atoms with Crippen LogP contribution in [0.3, 0.4) is 0 Å². The maximum Gasteiger partial charge on any atom is 0.252 e. The van der Waals surface area contributed by atoms with Crippen LogP contribution in [0.5, 0.6) is 5.75 Å². The lowest BCUT2D eigenvalue weighted by Gasteiger charge is -2.09. The molecule has 1 amide bonds. The molecule has 3 rings (SSSR count). The summed E-state index contributed by atoms with van der Waals surface area (Å²) >= 11 is 0. The molecule has 0 fully saturated rings. The number of nitrogens with one attached hydrogen (secondary N) is 1. The third-order valence-corrected chi connectivity index (χ3v) is 3.57. The first-order valence-electron chi connectivity index (χ1n) is 7.55. The van der Waals surface area contributed by atoms with Crippen molar-refractivity contribution in [1.82, 2.24) is 10.3 Å². The van der Waals surface area contributed by atoms with Gasteiger partial charge in [-0.05, 0) is 31.2 Å². The van der Waals surface area contributed by atoms with Gasteiger partial charge < -0.3 is 10.1 Å². The molecule has 1 aromatic heterocycles. The van der Waals surface area contributed by atoms with Crippen LogP contribution in [0.2, 0.25) is 0 Å². The van der Waals surface area contributed by atoms with Crippen molar-refractivity contribution in [1.29, 1.82) is 0 Å². The number of aryl methyl sites for hydroxylation is 1. The maximum atomic E-state index is 12.3. The highest BCUT2D eigenvalue weighted by atomic mass is 16.5. The zero-order chi connectivity index (χ0) is 16.1. The first-order chi connectivity index (χ1) is 11.2. The Bertz CT molecular complexity index is 808. The molecule has 0 aliphatic carbocycles. The van der Waals surface area contributed by atoms with Crippen molar-refractivity contribution in [2.24, 2.45) is 0 Å². The topological polar surface area (TPSA) is 51.2 Å². The summed E-state index contributed by atoms with van der Waals surface area (Å²) < 4.78 is 5.61. The van der Waals surface area contributed by atoms with Gasteiger partial charge in [0.25, 0.3) is 5.91 Å². The van der Waals surface area contributed by atoms with Crippen LogP contribution in [0, 0.1) is 6.92 Å². The molecule has 0 saturated heterocycles. The zero-order valence-corrected chi connectivity index (χ0v) is 13.0. The summed E-state index contributed by atoms with van der Waals surface area (Å²) in [5, 5.41) is 3.73. The van der Waals surface area contributed by atoms with E-state index in [4.69, 9.17) is 4.74 Å². The Morgan fingerprint density at radius 3 is 2.70 bits per heavy atom. The van der Waals surface area contributed by atoms with Gasteiger partial charge in [-0.1, -0.05) is 35.9 Å². The van der Waals surface area contributed by atoms with Gasteiger partial charge in [0.2, 0.25) is 0 Å². The van der Waals surface area contributed by atoms with E-state index in [-0.39, 0.29) is 5.91 Å². The number of aromatic nitrogens is 1. The summed E-state index contributed by atoms with van der Waals surface area (Å²) in [6.07, 6.45) is 1.65. The summed E-state index contributed by atoms with van der Waals surface area (Å²) in [4.78, 5) is 16.6. The summed E-state index contributed by atoms with van der Waals surface area (Å²) in [5.41, 5.74) is 2.64. The van der Waals surface area contributed by atoms with E-state index < -0.39 is 0 Å². The van der Waals surface area contributed by atoms with E-state index in [1.54, 1.807) is 12.3 Å². The first-order valence-corrected chi connectivity index (χ1v) is 7.55. The maximum absolute atomic E-state index is 12.3. The average Bonchev–Trinajstić information content (AvgIpc) is 2.59. The summed E-state index contributed by atoms with van der Waals surface area (Å²) in [5.74, 6) is 0.690. The molecule has 116 valence electrons. The van der Waals surface area contributed by atoms with Crippen LogP contribution in [0.15, 0.2) is 60.8 Å². The lowest BCUT2D eigenvalue weighted by atomic mass is 10.1. The van der Waals surface area contributed by atoms with Crippen molar-refractivity contribution in [3.8, 4) is 5.75 Å². The lowest BCUT2D eigenvalue weighted by Crippen LogP contribution is -2.28. The molecule has 0 radical (unpaired) electrons. The number of benzene rings is 2. The number of fused-ring (bicyclic) bond motifs is 1. The van der Waals surface area contributed by atoms with Gasteiger partial charge in [0.05, 0.1) is 17.6 Å². The van der Waals surface area contributed by atoms with Crippen molar-refractivity contribution in [2.45, 2.75) is 6.92 Å². The highest BCUT2D eigenvalue weighted by molar-refractivity contribution is 6.05. The Labute approximate surface area is 135 Å². The number of rotatable bonds is 5. The minimum atomic E-state index is -0.115. The Hall–Kier alpha value is -2.88. The second kappa shape index (κ2) is 6.92. The van der Waals surface area contributed by atoms with Crippen molar-refractivity contribution >= 4 is 16.8 Å². The quantitative estimate of drug-likeness (QED) is 0.735. The van der Waals surface area contributed by atoms with E-state index in [0.717, 1.165) is 16.7 Å². The molecule has 4 heteroatoms. The van der Waals surface area contributed by atoms with Gasteiger partial charge in [0.15, 0.2) is 0 Å². The lowest BCUT2D eigenvalue weighted by molar-refractivity contribution is 0.0948. The molecular weight excluding hydrogens is 288 g/mol. The van der Waals surface area contributed by atoms with Crippen LogP contribution < -0.4 is 10.1 Å². The normalized spacial score (nSPS) is 10.5. The molecular formula is C19H18N2O2. The molecule has 0 saturated carbocycles. The van der Waals surface area contributed by atoms with Gasteiger partial charge in [-0.25, -0.2) is 0 Å². The summed E-state index contributed by atoms with van der Waals surface area (Å²) in [6.45, 7) is 2.91. The number of ether oxygens (including phenoxy) is 1. The monoisotopic (exact) mass is 306 g/mol. The largest absolute Gasteiger partial charge is 0.492 e. The van der Waals surface area contributed by atoms with E-state index in [2.05, 4.69) is 10.3 Å². The molecule has 0 aliphatic heterocycles. The zero-order valence-electron chi connectivity index (χ0n) is 13.0. The predicted octanol–water partition coefficient (Wildman–Crippen LogP) is 3.35. The Morgan fingerprint density at radius 1 is 1.09 bits per heavy atom. The number of nitrogens with zero attached hydrogens (tertiary/aromatic N) is 1. The van der Waals surface area contributed by atoms with E-state index in [9.17, 15) is 4.79 Å². The van der Waals surface area contributed by atoms with Crippen LogP contribution in [0.4, 0.5) is 0 Å². The molecule has 0 unspecified atom stereocenters. The third-order valence-electron chi connectivity index (χ3n) is 3.57. The molecule has 1 heterocycles. The molecule has 0 spiro atoms. The van der Waals surface area contributed by atoms with Crippen LogP contribution in [-0.4, -0.2) is 24.0 Å².